The first-order valence-corrected chi connectivity index (χ1v) is 7.27. The molecule has 2 N–H and O–H groups in total. The third-order valence-electron chi connectivity index (χ3n) is 3.29. The highest BCUT2D eigenvalue weighted by molar-refractivity contribution is 7.07. The Labute approximate surface area is 102 Å². The summed E-state index contributed by atoms with van der Waals surface area (Å²) in [5.41, 5.74) is 1.41. The molecule has 1 aliphatic heterocycles. The molecule has 3 heteroatoms. The molecular formula is C13H22N2S. The predicted molar refractivity (Wildman–Crippen MR) is 70.9 cm³/mol. The van der Waals surface area contributed by atoms with Crippen LogP contribution < -0.4 is 10.6 Å². The molecule has 1 aromatic heterocycles. The van der Waals surface area contributed by atoms with Gasteiger partial charge in [0.1, 0.15) is 0 Å². The molecule has 0 amide bonds. The van der Waals surface area contributed by atoms with E-state index in [0.29, 0.717) is 6.04 Å². The van der Waals surface area contributed by atoms with Crippen LogP contribution in [0.3, 0.4) is 0 Å². The Morgan fingerprint density at radius 2 is 2.50 bits per heavy atom. The minimum Gasteiger partial charge on any atom is -0.314 e. The standard InChI is InChI=1S/C13H22N2S/c1-11(8-13-4-2-3-6-14-13)15-9-12-5-7-16-10-12/h5,7,10-11,13-15H,2-4,6,8-9H2,1H3. The molecule has 2 atom stereocenters. The van der Waals surface area contributed by atoms with Crippen molar-refractivity contribution >= 4 is 11.3 Å². The largest absolute Gasteiger partial charge is 0.314 e. The second-order valence-electron chi connectivity index (χ2n) is 4.80. The van der Waals surface area contributed by atoms with Crippen LogP contribution in [0.5, 0.6) is 0 Å². The van der Waals surface area contributed by atoms with Crippen LogP contribution >= 0.6 is 11.3 Å². The van der Waals surface area contributed by atoms with Gasteiger partial charge in [-0.15, -0.1) is 0 Å². The zero-order valence-corrected chi connectivity index (χ0v) is 10.9. The molecule has 2 heterocycles. The van der Waals surface area contributed by atoms with E-state index in [1.165, 1.54) is 37.8 Å². The first-order valence-electron chi connectivity index (χ1n) is 6.32. The van der Waals surface area contributed by atoms with Crippen LogP contribution in [0.15, 0.2) is 16.8 Å². The van der Waals surface area contributed by atoms with E-state index < -0.39 is 0 Å². The average molecular weight is 238 g/mol. The molecule has 0 radical (unpaired) electrons. The Hall–Kier alpha value is -0.380. The van der Waals surface area contributed by atoms with E-state index in [1.807, 2.05) is 0 Å². The third-order valence-corrected chi connectivity index (χ3v) is 4.02. The quantitative estimate of drug-likeness (QED) is 0.824. The lowest BCUT2D eigenvalue weighted by Gasteiger charge is -2.26. The summed E-state index contributed by atoms with van der Waals surface area (Å²) in [7, 11) is 0. The molecule has 0 bridgehead atoms. The average Bonchev–Trinajstić information content (AvgIpc) is 2.81. The van der Waals surface area contributed by atoms with Gasteiger partial charge in [0.15, 0.2) is 0 Å². The highest BCUT2D eigenvalue weighted by Crippen LogP contribution is 2.12. The van der Waals surface area contributed by atoms with Gasteiger partial charge < -0.3 is 10.6 Å². The molecular weight excluding hydrogens is 216 g/mol. The van der Waals surface area contributed by atoms with Gasteiger partial charge in [-0.1, -0.05) is 6.42 Å². The maximum Gasteiger partial charge on any atom is 0.0216 e. The van der Waals surface area contributed by atoms with Crippen LogP contribution in [-0.2, 0) is 6.54 Å². The Morgan fingerprint density at radius 1 is 1.56 bits per heavy atom. The smallest absolute Gasteiger partial charge is 0.0216 e. The van der Waals surface area contributed by atoms with E-state index >= 15 is 0 Å². The molecule has 0 spiro atoms. The van der Waals surface area contributed by atoms with Crippen molar-refractivity contribution in [1.29, 1.82) is 0 Å². The van der Waals surface area contributed by atoms with Crippen LogP contribution in [0.25, 0.3) is 0 Å². The zero-order valence-electron chi connectivity index (χ0n) is 10.0. The van der Waals surface area contributed by atoms with E-state index in [2.05, 4.69) is 34.4 Å². The maximum absolute atomic E-state index is 3.61. The molecule has 1 saturated heterocycles. The Morgan fingerprint density at radius 3 is 3.19 bits per heavy atom. The summed E-state index contributed by atoms with van der Waals surface area (Å²) in [6, 6.07) is 3.54. The molecule has 0 aliphatic carbocycles. The lowest BCUT2D eigenvalue weighted by atomic mass is 9.99. The lowest BCUT2D eigenvalue weighted by Crippen LogP contribution is -2.39. The summed E-state index contributed by atoms with van der Waals surface area (Å²) in [6.07, 6.45) is 5.36. The number of nitrogens with one attached hydrogen (secondary N) is 2. The van der Waals surface area contributed by atoms with E-state index in [4.69, 9.17) is 0 Å². The summed E-state index contributed by atoms with van der Waals surface area (Å²) in [6.45, 7) is 4.52. The molecule has 1 aliphatic rings. The third kappa shape index (κ3) is 3.89. The Balaban J connectivity index is 1.65. The van der Waals surface area contributed by atoms with Gasteiger partial charge in [0, 0.05) is 18.6 Å². The molecule has 16 heavy (non-hydrogen) atoms. The summed E-state index contributed by atoms with van der Waals surface area (Å²) in [5, 5.41) is 11.6. The number of piperidine rings is 1. The highest BCUT2D eigenvalue weighted by Gasteiger charge is 2.15. The minimum atomic E-state index is 0.607. The van der Waals surface area contributed by atoms with Crippen molar-refractivity contribution in [3.8, 4) is 0 Å². The first-order chi connectivity index (χ1) is 7.84. The molecule has 0 saturated carbocycles. The number of rotatable bonds is 5. The van der Waals surface area contributed by atoms with E-state index in [1.54, 1.807) is 11.3 Å². The first kappa shape index (κ1) is 12.1. The molecule has 1 aromatic rings. The van der Waals surface area contributed by atoms with E-state index in [0.717, 1.165) is 12.6 Å². The van der Waals surface area contributed by atoms with E-state index in [9.17, 15) is 0 Å². The predicted octanol–water partition coefficient (Wildman–Crippen LogP) is 2.76. The van der Waals surface area contributed by atoms with Crippen molar-refractivity contribution in [3.05, 3.63) is 22.4 Å². The molecule has 90 valence electrons. The SMILES string of the molecule is CC(CC1CCCCN1)NCc1ccsc1. The summed E-state index contributed by atoms with van der Waals surface area (Å²) in [4.78, 5) is 0. The van der Waals surface area contributed by atoms with Crippen molar-refractivity contribution < 1.29 is 0 Å². The van der Waals surface area contributed by atoms with Gasteiger partial charge in [0.05, 0.1) is 0 Å². The normalized spacial score (nSPS) is 23.2. The second-order valence-corrected chi connectivity index (χ2v) is 5.58. The fraction of sp³-hybridized carbons (Fsp3) is 0.692. The van der Waals surface area contributed by atoms with Gasteiger partial charge >= 0.3 is 0 Å². The molecule has 2 rings (SSSR count). The van der Waals surface area contributed by atoms with Crippen LogP contribution in [-0.4, -0.2) is 18.6 Å². The number of hydrogen-bond donors (Lipinski definition) is 2. The van der Waals surface area contributed by atoms with Crippen molar-refractivity contribution in [3.63, 3.8) is 0 Å². The van der Waals surface area contributed by atoms with Crippen LogP contribution in [0.1, 0.15) is 38.2 Å². The zero-order chi connectivity index (χ0) is 11.2. The van der Waals surface area contributed by atoms with Gasteiger partial charge in [-0.05, 0) is 55.1 Å². The second kappa shape index (κ2) is 6.38. The van der Waals surface area contributed by atoms with Crippen molar-refractivity contribution in [2.24, 2.45) is 0 Å². The minimum absolute atomic E-state index is 0.607. The van der Waals surface area contributed by atoms with Crippen LogP contribution in [0, 0.1) is 0 Å². The van der Waals surface area contributed by atoms with Gasteiger partial charge in [0.25, 0.3) is 0 Å². The van der Waals surface area contributed by atoms with Crippen molar-refractivity contribution in [2.45, 2.75) is 51.2 Å². The molecule has 0 aromatic carbocycles. The number of thiophene rings is 1. The molecule has 2 nitrogen and oxygen atoms in total. The van der Waals surface area contributed by atoms with Crippen LogP contribution in [0.4, 0.5) is 0 Å². The molecule has 2 unspecified atom stereocenters. The Kier molecular flexibility index (Phi) is 4.82. The highest BCUT2D eigenvalue weighted by atomic mass is 32.1. The monoisotopic (exact) mass is 238 g/mol. The molecule has 1 fully saturated rings. The maximum atomic E-state index is 3.61. The lowest BCUT2D eigenvalue weighted by molar-refractivity contribution is 0.344. The van der Waals surface area contributed by atoms with Crippen molar-refractivity contribution in [1.82, 2.24) is 10.6 Å². The van der Waals surface area contributed by atoms with Gasteiger partial charge in [-0.2, -0.15) is 11.3 Å². The van der Waals surface area contributed by atoms with E-state index in [-0.39, 0.29) is 0 Å². The van der Waals surface area contributed by atoms with Crippen LogP contribution in [0.2, 0.25) is 0 Å². The fourth-order valence-corrected chi connectivity index (χ4v) is 2.99. The summed E-state index contributed by atoms with van der Waals surface area (Å²) < 4.78 is 0. The topological polar surface area (TPSA) is 24.1 Å². The number of hydrogen-bond acceptors (Lipinski definition) is 3. The fourth-order valence-electron chi connectivity index (χ4n) is 2.32. The van der Waals surface area contributed by atoms with Gasteiger partial charge in [0.2, 0.25) is 0 Å². The Bertz CT molecular complexity index is 278. The van der Waals surface area contributed by atoms with Gasteiger partial charge in [-0.3, -0.25) is 0 Å². The van der Waals surface area contributed by atoms with Gasteiger partial charge in [-0.25, -0.2) is 0 Å². The summed E-state index contributed by atoms with van der Waals surface area (Å²) in [5.74, 6) is 0. The summed E-state index contributed by atoms with van der Waals surface area (Å²) >= 11 is 1.77. The van der Waals surface area contributed by atoms with Crippen molar-refractivity contribution in [2.75, 3.05) is 6.54 Å².